The second-order valence-electron chi connectivity index (χ2n) is 4.83. The van der Waals surface area contributed by atoms with E-state index in [1.807, 2.05) is 27.7 Å². The molecule has 0 bridgehead atoms. The van der Waals surface area contributed by atoms with E-state index in [4.69, 9.17) is 0 Å². The van der Waals surface area contributed by atoms with Crippen molar-refractivity contribution in [3.8, 4) is 0 Å². The van der Waals surface area contributed by atoms with Gasteiger partial charge in [0.05, 0.1) is 0 Å². The summed E-state index contributed by atoms with van der Waals surface area (Å²) in [4.78, 5) is 11.9. The Morgan fingerprint density at radius 3 is 1.94 bits per heavy atom. The summed E-state index contributed by atoms with van der Waals surface area (Å²) in [5.74, 6) is 0.374. The highest BCUT2D eigenvalue weighted by Gasteiger charge is 2.53. The minimum absolute atomic E-state index is 0.280. The average molecular weight is 246 g/mol. The molecule has 1 aromatic carbocycles. The zero-order valence-electron chi connectivity index (χ0n) is 12.7. The highest BCUT2D eigenvalue weighted by molar-refractivity contribution is 6.04. The number of aryl methyl sites for hydroxylation is 2. The molecule has 0 aliphatic heterocycles. The molecule has 0 aromatic heterocycles. The molecule has 1 saturated carbocycles. The fraction of sp³-hybridized carbons (Fsp3) is 0.588. The molecule has 3 rings (SSSR count). The van der Waals surface area contributed by atoms with Crippen molar-refractivity contribution in [2.24, 2.45) is 0 Å². The molecule has 1 fully saturated rings. The maximum Gasteiger partial charge on any atom is 0.164 e. The normalized spacial score (nSPS) is 17.3. The molecule has 0 amide bonds. The Morgan fingerprint density at radius 2 is 1.44 bits per heavy atom. The molecule has 2 aliphatic carbocycles. The van der Waals surface area contributed by atoms with Gasteiger partial charge >= 0.3 is 0 Å². The first kappa shape index (κ1) is 14.9. The van der Waals surface area contributed by atoms with Gasteiger partial charge in [-0.25, -0.2) is 0 Å². The van der Waals surface area contributed by atoms with E-state index in [9.17, 15) is 4.79 Å². The largest absolute Gasteiger partial charge is 0.294 e. The standard InChI is InChI=1S/C13H14O.2C2H6/c1-8-3-4-9(2)12-11(8)10(14)7-13(12)5-6-13;2*1-2/h3-4H,5-7H2,1-2H3;2*1-2H3. The second-order valence-corrected chi connectivity index (χ2v) is 4.83. The Morgan fingerprint density at radius 1 is 0.944 bits per heavy atom. The van der Waals surface area contributed by atoms with Crippen molar-refractivity contribution < 1.29 is 4.79 Å². The van der Waals surface area contributed by atoms with Crippen LogP contribution in [0.1, 0.15) is 74.0 Å². The lowest BCUT2D eigenvalue weighted by molar-refractivity contribution is 0.0986. The summed E-state index contributed by atoms with van der Waals surface area (Å²) in [5.41, 5.74) is 5.18. The van der Waals surface area contributed by atoms with E-state index in [0.717, 1.165) is 12.0 Å². The average Bonchev–Trinajstić information content (AvgIpc) is 3.09. The van der Waals surface area contributed by atoms with Crippen LogP contribution in [0.4, 0.5) is 0 Å². The second kappa shape index (κ2) is 5.69. The first-order valence-electron chi connectivity index (χ1n) is 7.28. The highest BCUT2D eigenvalue weighted by Crippen LogP contribution is 2.58. The smallest absolute Gasteiger partial charge is 0.164 e. The summed E-state index contributed by atoms with van der Waals surface area (Å²) in [5, 5.41) is 0. The Hall–Kier alpha value is -1.11. The van der Waals surface area contributed by atoms with E-state index in [0.29, 0.717) is 5.78 Å². The minimum atomic E-state index is 0.280. The quantitative estimate of drug-likeness (QED) is 0.631. The van der Waals surface area contributed by atoms with Crippen LogP contribution in [0.3, 0.4) is 0 Å². The predicted molar refractivity (Wildman–Crippen MR) is 78.5 cm³/mol. The molecular formula is C17H26O. The van der Waals surface area contributed by atoms with Gasteiger partial charge < -0.3 is 0 Å². The molecule has 1 heteroatoms. The van der Waals surface area contributed by atoms with Crippen molar-refractivity contribution in [1.29, 1.82) is 0 Å². The summed E-state index contributed by atoms with van der Waals surface area (Å²) >= 11 is 0. The van der Waals surface area contributed by atoms with Gasteiger partial charge in [-0.15, -0.1) is 0 Å². The van der Waals surface area contributed by atoms with Crippen molar-refractivity contribution in [1.82, 2.24) is 0 Å². The fourth-order valence-corrected chi connectivity index (χ4v) is 2.92. The third-order valence-electron chi connectivity index (χ3n) is 3.78. The molecule has 1 spiro atoms. The van der Waals surface area contributed by atoms with Gasteiger partial charge in [0.1, 0.15) is 0 Å². The van der Waals surface area contributed by atoms with E-state index < -0.39 is 0 Å². The Labute approximate surface area is 112 Å². The third-order valence-corrected chi connectivity index (χ3v) is 3.78. The molecule has 0 radical (unpaired) electrons. The van der Waals surface area contributed by atoms with Crippen molar-refractivity contribution in [2.75, 3.05) is 0 Å². The van der Waals surface area contributed by atoms with Crippen molar-refractivity contribution in [3.63, 3.8) is 0 Å². The molecule has 1 aromatic rings. The molecule has 0 N–H and O–H groups in total. The van der Waals surface area contributed by atoms with Crippen molar-refractivity contribution >= 4 is 5.78 Å². The summed E-state index contributed by atoms with van der Waals surface area (Å²) < 4.78 is 0. The topological polar surface area (TPSA) is 17.1 Å². The van der Waals surface area contributed by atoms with E-state index in [-0.39, 0.29) is 5.41 Å². The summed E-state index contributed by atoms with van der Waals surface area (Å²) in [6.07, 6.45) is 3.21. The van der Waals surface area contributed by atoms with Crippen LogP contribution >= 0.6 is 0 Å². The number of fused-ring (bicyclic) bond motifs is 2. The first-order valence-corrected chi connectivity index (χ1v) is 7.28. The maximum absolute atomic E-state index is 11.9. The summed E-state index contributed by atoms with van der Waals surface area (Å²) in [6, 6.07) is 4.24. The number of Topliss-reactive ketones (excluding diaryl/α,β-unsaturated/α-hetero) is 1. The number of hydrogen-bond acceptors (Lipinski definition) is 1. The number of carbonyl (C=O) groups excluding carboxylic acids is 1. The van der Waals surface area contributed by atoms with Crippen molar-refractivity contribution in [2.45, 2.75) is 66.2 Å². The van der Waals surface area contributed by atoms with Gasteiger partial charge in [-0.05, 0) is 43.4 Å². The third kappa shape index (κ3) is 2.23. The minimum Gasteiger partial charge on any atom is -0.294 e. The van der Waals surface area contributed by atoms with Gasteiger partial charge in [-0.3, -0.25) is 4.79 Å². The van der Waals surface area contributed by atoms with Gasteiger partial charge in [0.15, 0.2) is 5.78 Å². The van der Waals surface area contributed by atoms with Gasteiger partial charge in [0.2, 0.25) is 0 Å². The molecular weight excluding hydrogens is 220 g/mol. The van der Waals surface area contributed by atoms with Crippen LogP contribution in [-0.4, -0.2) is 5.78 Å². The molecule has 0 heterocycles. The Kier molecular flexibility index (Phi) is 4.72. The highest BCUT2D eigenvalue weighted by atomic mass is 16.1. The summed E-state index contributed by atoms with van der Waals surface area (Å²) in [6.45, 7) is 12.2. The lowest BCUT2D eigenvalue weighted by atomic mass is 9.92. The number of hydrogen-bond donors (Lipinski definition) is 0. The predicted octanol–water partition coefficient (Wildman–Crippen LogP) is 4.97. The van der Waals surface area contributed by atoms with E-state index >= 15 is 0 Å². The van der Waals surface area contributed by atoms with Crippen LogP contribution in [0.25, 0.3) is 0 Å². The number of carbonyl (C=O) groups is 1. The Balaban J connectivity index is 0.000000371. The molecule has 100 valence electrons. The number of ketones is 1. The van der Waals surface area contributed by atoms with Gasteiger partial charge in [0.25, 0.3) is 0 Å². The first-order chi connectivity index (χ1) is 8.64. The summed E-state index contributed by atoms with van der Waals surface area (Å²) in [7, 11) is 0. The number of benzene rings is 1. The molecule has 18 heavy (non-hydrogen) atoms. The van der Waals surface area contributed by atoms with Crippen LogP contribution in [0.2, 0.25) is 0 Å². The SMILES string of the molecule is CC.CC.Cc1ccc(C)c2c1C(=O)CC21CC1. The molecule has 2 aliphatic rings. The lowest BCUT2D eigenvalue weighted by Crippen LogP contribution is -2.02. The Bertz CT molecular complexity index is 439. The lowest BCUT2D eigenvalue weighted by Gasteiger charge is -2.11. The van der Waals surface area contributed by atoms with Gasteiger partial charge in [-0.2, -0.15) is 0 Å². The van der Waals surface area contributed by atoms with Crippen LogP contribution < -0.4 is 0 Å². The van der Waals surface area contributed by atoms with Crippen LogP contribution in [-0.2, 0) is 5.41 Å². The molecule has 0 unspecified atom stereocenters. The molecule has 0 atom stereocenters. The molecule has 0 saturated heterocycles. The van der Waals surface area contributed by atoms with Gasteiger partial charge in [0, 0.05) is 17.4 Å². The van der Waals surface area contributed by atoms with Crippen LogP contribution in [0.15, 0.2) is 12.1 Å². The zero-order valence-corrected chi connectivity index (χ0v) is 12.7. The van der Waals surface area contributed by atoms with E-state index in [1.54, 1.807) is 0 Å². The number of rotatable bonds is 0. The van der Waals surface area contributed by atoms with Gasteiger partial charge in [-0.1, -0.05) is 39.8 Å². The van der Waals surface area contributed by atoms with Crippen molar-refractivity contribution in [3.05, 3.63) is 34.4 Å². The van der Waals surface area contributed by atoms with E-state index in [1.165, 1.54) is 29.5 Å². The maximum atomic E-state index is 11.9. The molecule has 1 nitrogen and oxygen atoms in total. The zero-order chi connectivity index (χ0) is 13.9. The van der Waals surface area contributed by atoms with E-state index in [2.05, 4.69) is 26.0 Å². The monoisotopic (exact) mass is 246 g/mol. The van der Waals surface area contributed by atoms with Crippen LogP contribution in [0, 0.1) is 13.8 Å². The van der Waals surface area contributed by atoms with Crippen LogP contribution in [0.5, 0.6) is 0 Å². The fourth-order valence-electron chi connectivity index (χ4n) is 2.92.